The fourth-order valence-corrected chi connectivity index (χ4v) is 5.58. The van der Waals surface area contributed by atoms with Crippen LogP contribution in [0.1, 0.15) is 33.3 Å². The molecule has 40 heavy (non-hydrogen) atoms. The second-order valence-electron chi connectivity index (χ2n) is 8.75. The third-order valence-corrected chi connectivity index (χ3v) is 7.07. The molecule has 15 heteroatoms. The Hall–Kier alpha value is -3.69. The molecular weight excluding hydrogens is 570 g/mol. The molecule has 0 aromatic heterocycles. The normalized spacial score (nSPS) is 26.4. The lowest BCUT2D eigenvalue weighted by Crippen LogP contribution is -2.66. The molecule has 3 heterocycles. The average molecular weight is 596 g/mol. The van der Waals surface area contributed by atoms with Crippen molar-refractivity contribution in [3.8, 4) is 11.5 Å². The SMILES string of the molecule is CC(=O)OCC1OC(N2C(=O)C(=Cc3ccc4c(c3)OCO4)SC2=S)C(OC(C)=O)C(OC(C)=O)C1OC(C)=O. The summed E-state index contributed by atoms with van der Waals surface area (Å²) in [4.78, 5) is 62.6. The van der Waals surface area contributed by atoms with Crippen molar-refractivity contribution in [1.82, 2.24) is 4.90 Å². The summed E-state index contributed by atoms with van der Waals surface area (Å²) in [6.07, 6.45) is -5.33. The maximum absolute atomic E-state index is 13.6. The molecule has 0 radical (unpaired) electrons. The molecule has 0 aliphatic carbocycles. The van der Waals surface area contributed by atoms with E-state index < -0.39 is 67.0 Å². The number of rotatable bonds is 7. The number of esters is 4. The maximum Gasteiger partial charge on any atom is 0.303 e. The molecule has 5 atom stereocenters. The number of nitrogens with zero attached hydrogens (tertiary/aromatic N) is 1. The van der Waals surface area contributed by atoms with Gasteiger partial charge in [-0.3, -0.25) is 28.9 Å². The molecule has 0 N–H and O–H groups in total. The molecule has 0 spiro atoms. The van der Waals surface area contributed by atoms with E-state index in [4.69, 9.17) is 45.4 Å². The zero-order valence-corrected chi connectivity index (χ0v) is 23.4. The van der Waals surface area contributed by atoms with Gasteiger partial charge in [0.15, 0.2) is 40.4 Å². The van der Waals surface area contributed by atoms with Crippen LogP contribution in [0.2, 0.25) is 0 Å². The number of benzene rings is 1. The lowest BCUT2D eigenvalue weighted by molar-refractivity contribution is -0.268. The first-order valence-corrected chi connectivity index (χ1v) is 13.1. The van der Waals surface area contributed by atoms with Gasteiger partial charge in [0.05, 0.1) is 4.91 Å². The predicted molar refractivity (Wildman–Crippen MR) is 140 cm³/mol. The first-order chi connectivity index (χ1) is 18.9. The Kier molecular flexibility index (Phi) is 8.95. The highest BCUT2D eigenvalue weighted by Gasteiger charge is 2.56. The van der Waals surface area contributed by atoms with E-state index in [1.165, 1.54) is 0 Å². The van der Waals surface area contributed by atoms with E-state index in [-0.39, 0.29) is 16.0 Å². The lowest BCUT2D eigenvalue weighted by Gasteiger charge is -2.46. The van der Waals surface area contributed by atoms with Gasteiger partial charge < -0.3 is 33.2 Å². The highest BCUT2D eigenvalue weighted by molar-refractivity contribution is 8.26. The van der Waals surface area contributed by atoms with Crippen LogP contribution in [0.4, 0.5) is 0 Å². The quantitative estimate of drug-likeness (QED) is 0.194. The van der Waals surface area contributed by atoms with E-state index in [0.29, 0.717) is 17.1 Å². The number of hydrogen-bond acceptors (Lipinski definition) is 14. The summed E-state index contributed by atoms with van der Waals surface area (Å²) in [5, 5.41) is 0. The summed E-state index contributed by atoms with van der Waals surface area (Å²) >= 11 is 6.46. The van der Waals surface area contributed by atoms with E-state index in [1.807, 2.05) is 0 Å². The highest BCUT2D eigenvalue weighted by atomic mass is 32.2. The smallest absolute Gasteiger partial charge is 0.303 e. The zero-order chi connectivity index (χ0) is 29.1. The topological polar surface area (TPSA) is 153 Å². The molecule has 0 saturated carbocycles. The Bertz CT molecular complexity index is 1280. The summed E-state index contributed by atoms with van der Waals surface area (Å²) in [5.74, 6) is -2.52. The second kappa shape index (κ2) is 12.2. The fraction of sp³-hybridized carbons (Fsp3) is 0.440. The van der Waals surface area contributed by atoms with Crippen LogP contribution in [-0.4, -0.2) is 83.0 Å². The summed E-state index contributed by atoms with van der Waals surface area (Å²) in [6.45, 7) is 4.14. The minimum atomic E-state index is -1.47. The molecule has 0 bridgehead atoms. The largest absolute Gasteiger partial charge is 0.463 e. The van der Waals surface area contributed by atoms with Crippen molar-refractivity contribution >= 4 is 64.2 Å². The summed E-state index contributed by atoms with van der Waals surface area (Å²) in [5.41, 5.74) is 0.631. The lowest BCUT2D eigenvalue weighted by atomic mass is 9.96. The van der Waals surface area contributed by atoms with Crippen LogP contribution in [0.25, 0.3) is 6.08 Å². The Balaban J connectivity index is 1.71. The van der Waals surface area contributed by atoms with Gasteiger partial charge in [-0.05, 0) is 23.8 Å². The van der Waals surface area contributed by atoms with Crippen LogP contribution in [0.5, 0.6) is 11.5 Å². The van der Waals surface area contributed by atoms with Crippen molar-refractivity contribution in [3.05, 3.63) is 28.7 Å². The van der Waals surface area contributed by atoms with Gasteiger partial charge in [-0.1, -0.05) is 30.0 Å². The van der Waals surface area contributed by atoms with Crippen molar-refractivity contribution in [1.29, 1.82) is 0 Å². The number of fused-ring (bicyclic) bond motifs is 1. The summed E-state index contributed by atoms with van der Waals surface area (Å²) in [7, 11) is 0. The van der Waals surface area contributed by atoms with Crippen LogP contribution < -0.4 is 9.47 Å². The average Bonchev–Trinajstić information content (AvgIpc) is 3.43. The molecule has 214 valence electrons. The number of amides is 1. The molecular formula is C25H25NO12S2. The van der Waals surface area contributed by atoms with Crippen molar-refractivity contribution in [2.24, 2.45) is 0 Å². The molecule has 1 aromatic carbocycles. The van der Waals surface area contributed by atoms with Gasteiger partial charge >= 0.3 is 23.9 Å². The molecule has 2 saturated heterocycles. The maximum atomic E-state index is 13.6. The van der Waals surface area contributed by atoms with Gasteiger partial charge in [0.25, 0.3) is 5.91 Å². The van der Waals surface area contributed by atoms with Crippen LogP contribution in [-0.2, 0) is 47.7 Å². The standard InChI is InChI=1S/C25H25NO12S2/c1-11(27)32-9-18-20(35-12(2)28)21(36-13(3)29)22(37-14(4)30)24(38-18)26-23(31)19(40-25(26)39)8-15-5-6-16-17(7-15)34-10-33-16/h5-8,18,20-22,24H,9-10H2,1-4H3. The third kappa shape index (κ3) is 6.54. The molecule has 3 aliphatic heterocycles. The molecule has 2 fully saturated rings. The highest BCUT2D eigenvalue weighted by Crippen LogP contribution is 2.40. The minimum absolute atomic E-state index is 0.0536. The van der Waals surface area contributed by atoms with Crippen LogP contribution in [0.15, 0.2) is 23.1 Å². The Morgan fingerprint density at radius 1 is 0.950 bits per heavy atom. The van der Waals surface area contributed by atoms with Crippen LogP contribution in [0.3, 0.4) is 0 Å². The number of ether oxygens (including phenoxy) is 7. The number of thiocarbonyl (C=S) groups is 1. The molecule has 1 aromatic rings. The molecule has 4 rings (SSSR count). The van der Waals surface area contributed by atoms with E-state index in [0.717, 1.165) is 44.4 Å². The van der Waals surface area contributed by atoms with Gasteiger partial charge in [-0.2, -0.15) is 0 Å². The van der Waals surface area contributed by atoms with Crippen LogP contribution >= 0.6 is 24.0 Å². The second-order valence-corrected chi connectivity index (χ2v) is 10.4. The first-order valence-electron chi connectivity index (χ1n) is 11.9. The number of hydrogen-bond donors (Lipinski definition) is 0. The van der Waals surface area contributed by atoms with Crippen molar-refractivity contribution in [3.63, 3.8) is 0 Å². The Morgan fingerprint density at radius 2 is 1.57 bits per heavy atom. The third-order valence-electron chi connectivity index (χ3n) is 5.74. The van der Waals surface area contributed by atoms with E-state index in [2.05, 4.69) is 0 Å². The van der Waals surface area contributed by atoms with E-state index >= 15 is 0 Å². The van der Waals surface area contributed by atoms with Crippen LogP contribution in [0, 0.1) is 0 Å². The van der Waals surface area contributed by atoms with Crippen molar-refractivity contribution in [2.75, 3.05) is 13.4 Å². The molecule has 5 unspecified atom stereocenters. The van der Waals surface area contributed by atoms with E-state index in [9.17, 15) is 24.0 Å². The molecule has 13 nitrogen and oxygen atoms in total. The number of thioether (sulfide) groups is 1. The van der Waals surface area contributed by atoms with Gasteiger partial charge in [-0.15, -0.1) is 0 Å². The van der Waals surface area contributed by atoms with Gasteiger partial charge in [0.2, 0.25) is 6.79 Å². The fourth-order valence-electron chi connectivity index (χ4n) is 4.27. The van der Waals surface area contributed by atoms with E-state index in [1.54, 1.807) is 24.3 Å². The monoisotopic (exact) mass is 595 g/mol. The predicted octanol–water partition coefficient (Wildman–Crippen LogP) is 1.70. The Morgan fingerprint density at radius 3 is 2.23 bits per heavy atom. The molecule has 3 aliphatic rings. The summed E-state index contributed by atoms with van der Waals surface area (Å²) < 4.78 is 38.2. The zero-order valence-electron chi connectivity index (χ0n) is 21.8. The summed E-state index contributed by atoms with van der Waals surface area (Å²) in [6, 6.07) is 5.13. The minimum Gasteiger partial charge on any atom is -0.463 e. The first kappa shape index (κ1) is 29.3. The van der Waals surface area contributed by atoms with Crippen molar-refractivity contribution in [2.45, 2.75) is 58.3 Å². The number of carbonyl (C=O) groups excluding carboxylic acids is 5. The number of carbonyl (C=O) groups is 5. The van der Waals surface area contributed by atoms with Gasteiger partial charge in [0.1, 0.15) is 12.7 Å². The molecule has 1 amide bonds. The Labute approximate surface area is 238 Å². The van der Waals surface area contributed by atoms with Gasteiger partial charge in [0, 0.05) is 27.7 Å². The van der Waals surface area contributed by atoms with Gasteiger partial charge in [-0.25, -0.2) is 0 Å². The van der Waals surface area contributed by atoms with Crippen molar-refractivity contribution < 1.29 is 57.1 Å².